The SMILES string of the molecule is COc1ccccc1CC(=O)Nc1ccc(Oc2ccc(-n3ccnc3)nn2)cc1. The van der Waals surface area contributed by atoms with Gasteiger partial charge in [0.05, 0.1) is 13.5 Å². The summed E-state index contributed by atoms with van der Waals surface area (Å²) in [6.07, 6.45) is 5.32. The average Bonchev–Trinajstić information content (AvgIpc) is 3.31. The van der Waals surface area contributed by atoms with E-state index in [0.717, 1.165) is 5.56 Å². The van der Waals surface area contributed by atoms with E-state index in [-0.39, 0.29) is 12.3 Å². The Morgan fingerprint density at radius 1 is 1.03 bits per heavy atom. The average molecular weight is 401 g/mol. The third kappa shape index (κ3) is 4.61. The van der Waals surface area contributed by atoms with Crippen LogP contribution in [0, 0.1) is 0 Å². The number of imidazole rings is 1. The molecule has 150 valence electrons. The lowest BCUT2D eigenvalue weighted by Crippen LogP contribution is -2.14. The number of amides is 1. The summed E-state index contributed by atoms with van der Waals surface area (Å²) in [4.78, 5) is 16.3. The van der Waals surface area contributed by atoms with Crippen LogP contribution in [-0.2, 0) is 11.2 Å². The predicted molar refractivity (Wildman–Crippen MR) is 111 cm³/mol. The van der Waals surface area contributed by atoms with E-state index in [1.165, 1.54) is 0 Å². The van der Waals surface area contributed by atoms with Crippen molar-refractivity contribution in [1.82, 2.24) is 19.7 Å². The molecule has 30 heavy (non-hydrogen) atoms. The number of carbonyl (C=O) groups excluding carboxylic acids is 1. The second kappa shape index (κ2) is 8.87. The van der Waals surface area contributed by atoms with Crippen molar-refractivity contribution in [3.05, 3.63) is 84.9 Å². The maximum absolute atomic E-state index is 12.3. The van der Waals surface area contributed by atoms with Crippen molar-refractivity contribution in [2.75, 3.05) is 12.4 Å². The monoisotopic (exact) mass is 401 g/mol. The fourth-order valence-electron chi connectivity index (χ4n) is 2.85. The minimum absolute atomic E-state index is 0.130. The summed E-state index contributed by atoms with van der Waals surface area (Å²) >= 11 is 0. The van der Waals surface area contributed by atoms with Gasteiger partial charge in [-0.1, -0.05) is 18.2 Å². The first kappa shape index (κ1) is 19.1. The Morgan fingerprint density at radius 3 is 2.57 bits per heavy atom. The molecule has 8 nitrogen and oxygen atoms in total. The summed E-state index contributed by atoms with van der Waals surface area (Å²) in [7, 11) is 1.59. The zero-order valence-electron chi connectivity index (χ0n) is 16.2. The number of hydrogen-bond donors (Lipinski definition) is 1. The summed E-state index contributed by atoms with van der Waals surface area (Å²) < 4.78 is 12.7. The Balaban J connectivity index is 1.35. The van der Waals surface area contributed by atoms with Gasteiger partial charge in [0, 0.05) is 29.7 Å². The number of nitrogens with one attached hydrogen (secondary N) is 1. The summed E-state index contributed by atoms with van der Waals surface area (Å²) in [5, 5.41) is 11.0. The van der Waals surface area contributed by atoms with E-state index in [9.17, 15) is 4.79 Å². The van der Waals surface area contributed by atoms with Crippen LogP contribution in [0.15, 0.2) is 79.4 Å². The normalized spacial score (nSPS) is 10.4. The molecular formula is C22H19N5O3. The van der Waals surface area contributed by atoms with Gasteiger partial charge < -0.3 is 14.8 Å². The molecule has 0 bridgehead atoms. The van der Waals surface area contributed by atoms with E-state index in [0.29, 0.717) is 28.9 Å². The molecule has 2 aromatic carbocycles. The second-order valence-electron chi connectivity index (χ2n) is 6.36. The van der Waals surface area contributed by atoms with Gasteiger partial charge >= 0.3 is 0 Å². The van der Waals surface area contributed by atoms with Crippen molar-refractivity contribution >= 4 is 11.6 Å². The predicted octanol–water partition coefficient (Wildman–Crippen LogP) is 3.64. The molecule has 0 aliphatic carbocycles. The number of nitrogens with zero attached hydrogens (tertiary/aromatic N) is 4. The minimum Gasteiger partial charge on any atom is -0.496 e. The molecule has 4 rings (SSSR count). The Kier molecular flexibility index (Phi) is 5.66. The van der Waals surface area contributed by atoms with E-state index in [4.69, 9.17) is 9.47 Å². The van der Waals surface area contributed by atoms with Crippen LogP contribution in [0.4, 0.5) is 5.69 Å². The molecule has 4 aromatic rings. The molecular weight excluding hydrogens is 382 g/mol. The molecule has 0 atom stereocenters. The lowest BCUT2D eigenvalue weighted by molar-refractivity contribution is -0.115. The van der Waals surface area contributed by atoms with Crippen LogP contribution >= 0.6 is 0 Å². The maximum Gasteiger partial charge on any atom is 0.238 e. The lowest BCUT2D eigenvalue weighted by Gasteiger charge is -2.10. The first-order chi connectivity index (χ1) is 14.7. The van der Waals surface area contributed by atoms with Gasteiger partial charge in [0.2, 0.25) is 11.8 Å². The van der Waals surface area contributed by atoms with E-state index in [1.54, 1.807) is 66.8 Å². The Hall–Kier alpha value is -4.20. The molecule has 0 saturated carbocycles. The van der Waals surface area contributed by atoms with Crippen molar-refractivity contribution in [1.29, 1.82) is 0 Å². The molecule has 0 radical (unpaired) electrons. The number of benzene rings is 2. The standard InChI is InChI=1S/C22H19N5O3/c1-29-19-5-3-2-4-16(19)14-21(28)24-17-6-8-18(9-7-17)30-22-11-10-20(25-26-22)27-13-12-23-15-27/h2-13,15H,14H2,1H3,(H,24,28). The van der Waals surface area contributed by atoms with Gasteiger partial charge in [0.15, 0.2) is 5.82 Å². The van der Waals surface area contributed by atoms with E-state index in [1.807, 2.05) is 24.3 Å². The summed E-state index contributed by atoms with van der Waals surface area (Å²) in [5.74, 6) is 2.16. The summed E-state index contributed by atoms with van der Waals surface area (Å²) in [5.41, 5.74) is 1.50. The molecule has 2 aromatic heterocycles. The maximum atomic E-state index is 12.3. The highest BCUT2D eigenvalue weighted by Crippen LogP contribution is 2.22. The van der Waals surface area contributed by atoms with Crippen LogP contribution in [0.5, 0.6) is 17.4 Å². The van der Waals surface area contributed by atoms with Crippen LogP contribution in [-0.4, -0.2) is 32.8 Å². The van der Waals surface area contributed by atoms with Crippen LogP contribution in [0.25, 0.3) is 5.82 Å². The number of methoxy groups -OCH3 is 1. The Bertz CT molecular complexity index is 1110. The smallest absolute Gasteiger partial charge is 0.238 e. The molecule has 1 N–H and O–H groups in total. The second-order valence-corrected chi connectivity index (χ2v) is 6.36. The highest BCUT2D eigenvalue weighted by Gasteiger charge is 2.09. The number of carbonyl (C=O) groups is 1. The van der Waals surface area contributed by atoms with Gasteiger partial charge in [0.1, 0.15) is 17.8 Å². The van der Waals surface area contributed by atoms with E-state index in [2.05, 4.69) is 20.5 Å². The molecule has 0 saturated heterocycles. The van der Waals surface area contributed by atoms with Crippen molar-refractivity contribution in [3.63, 3.8) is 0 Å². The third-order valence-corrected chi connectivity index (χ3v) is 4.30. The van der Waals surface area contributed by atoms with Crippen molar-refractivity contribution < 1.29 is 14.3 Å². The van der Waals surface area contributed by atoms with Crippen LogP contribution in [0.3, 0.4) is 0 Å². The third-order valence-electron chi connectivity index (χ3n) is 4.30. The number of ether oxygens (including phenoxy) is 2. The highest BCUT2D eigenvalue weighted by molar-refractivity contribution is 5.92. The molecule has 0 unspecified atom stereocenters. The quantitative estimate of drug-likeness (QED) is 0.508. The zero-order chi connectivity index (χ0) is 20.8. The topological polar surface area (TPSA) is 91.2 Å². The van der Waals surface area contributed by atoms with Gasteiger partial charge in [-0.15, -0.1) is 10.2 Å². The fraction of sp³-hybridized carbons (Fsp3) is 0.0909. The van der Waals surface area contributed by atoms with Gasteiger partial charge in [-0.05, 0) is 36.4 Å². The number of rotatable bonds is 7. The van der Waals surface area contributed by atoms with E-state index >= 15 is 0 Å². The van der Waals surface area contributed by atoms with Crippen LogP contribution in [0.2, 0.25) is 0 Å². The Morgan fingerprint density at radius 2 is 1.87 bits per heavy atom. The molecule has 8 heteroatoms. The van der Waals surface area contributed by atoms with E-state index < -0.39 is 0 Å². The van der Waals surface area contributed by atoms with Crippen molar-refractivity contribution in [2.45, 2.75) is 6.42 Å². The molecule has 0 aliphatic heterocycles. The number of para-hydroxylation sites is 1. The van der Waals surface area contributed by atoms with Gasteiger partial charge in [-0.25, -0.2) is 4.98 Å². The molecule has 0 spiro atoms. The summed E-state index contributed by atoms with van der Waals surface area (Å²) in [6.45, 7) is 0. The van der Waals surface area contributed by atoms with Gasteiger partial charge in [-0.3, -0.25) is 9.36 Å². The van der Waals surface area contributed by atoms with Crippen molar-refractivity contribution in [2.24, 2.45) is 0 Å². The van der Waals surface area contributed by atoms with Gasteiger partial charge in [0.25, 0.3) is 0 Å². The van der Waals surface area contributed by atoms with Gasteiger partial charge in [-0.2, -0.15) is 0 Å². The number of aromatic nitrogens is 4. The highest BCUT2D eigenvalue weighted by atomic mass is 16.5. The molecule has 2 heterocycles. The molecule has 0 fully saturated rings. The molecule has 0 aliphatic rings. The summed E-state index contributed by atoms with van der Waals surface area (Å²) in [6, 6.07) is 18.0. The first-order valence-corrected chi connectivity index (χ1v) is 9.23. The lowest BCUT2D eigenvalue weighted by atomic mass is 10.1. The van der Waals surface area contributed by atoms with Crippen LogP contribution in [0.1, 0.15) is 5.56 Å². The largest absolute Gasteiger partial charge is 0.496 e. The number of anilines is 1. The Labute approximate surface area is 173 Å². The minimum atomic E-state index is -0.130. The number of hydrogen-bond acceptors (Lipinski definition) is 6. The first-order valence-electron chi connectivity index (χ1n) is 9.23. The van der Waals surface area contributed by atoms with Crippen molar-refractivity contribution in [3.8, 4) is 23.2 Å². The molecule has 1 amide bonds. The van der Waals surface area contributed by atoms with Crippen LogP contribution < -0.4 is 14.8 Å². The fourth-order valence-corrected chi connectivity index (χ4v) is 2.85. The zero-order valence-corrected chi connectivity index (χ0v) is 16.2.